The van der Waals surface area contributed by atoms with Gasteiger partial charge in [-0.2, -0.15) is 17.9 Å². The molecule has 12 heteroatoms. The summed E-state index contributed by atoms with van der Waals surface area (Å²) in [5.41, 5.74) is 0.546. The number of benzene rings is 2. The Morgan fingerprint density at radius 3 is 2.47 bits per heavy atom. The third kappa shape index (κ3) is 4.27. The summed E-state index contributed by atoms with van der Waals surface area (Å²) in [4.78, 5) is 4.43. The van der Waals surface area contributed by atoms with E-state index in [0.717, 1.165) is 23.4 Å². The second-order valence-electron chi connectivity index (χ2n) is 6.04. The Morgan fingerprint density at radius 2 is 1.80 bits per heavy atom. The largest absolute Gasteiger partial charge is 0.497 e. The molecule has 2 aromatic carbocycles. The maximum atomic E-state index is 12.7. The number of hydrogen-bond acceptors (Lipinski definition) is 7. The first kappa shape index (κ1) is 19.9. The number of aromatic nitrogens is 7. The highest BCUT2D eigenvalue weighted by molar-refractivity contribution is 7.98. The van der Waals surface area contributed by atoms with Gasteiger partial charge in [-0.25, -0.2) is 4.98 Å². The van der Waals surface area contributed by atoms with E-state index in [9.17, 15) is 13.2 Å². The molecule has 0 aliphatic rings. The number of hydrogen-bond donors (Lipinski definition) is 1. The molecule has 0 unspecified atom stereocenters. The van der Waals surface area contributed by atoms with Crippen molar-refractivity contribution in [1.82, 2.24) is 35.4 Å². The van der Waals surface area contributed by atoms with Gasteiger partial charge in [0.2, 0.25) is 5.16 Å². The van der Waals surface area contributed by atoms with Crippen LogP contribution >= 0.6 is 11.8 Å². The number of tetrazole rings is 1. The summed E-state index contributed by atoms with van der Waals surface area (Å²) >= 11 is 1.30. The van der Waals surface area contributed by atoms with E-state index in [4.69, 9.17) is 4.74 Å². The van der Waals surface area contributed by atoms with Crippen LogP contribution < -0.4 is 4.74 Å². The number of thioether (sulfide) groups is 1. The number of methoxy groups -OCH3 is 1. The van der Waals surface area contributed by atoms with Gasteiger partial charge >= 0.3 is 6.18 Å². The minimum Gasteiger partial charge on any atom is -0.497 e. The molecule has 0 radical (unpaired) electrons. The van der Waals surface area contributed by atoms with Crippen LogP contribution in [0.3, 0.4) is 0 Å². The molecule has 1 N–H and O–H groups in total. The fourth-order valence-corrected chi connectivity index (χ4v) is 3.31. The van der Waals surface area contributed by atoms with Crippen LogP contribution in [0.2, 0.25) is 0 Å². The average molecular weight is 433 g/mol. The Bertz CT molecular complexity index is 1120. The van der Waals surface area contributed by atoms with Crippen LogP contribution in [-0.4, -0.2) is 42.5 Å². The SMILES string of the molecule is COc1ccc(-c2nc(SCc3nnnn3-c3ccc(C(F)(F)F)cc3)n[nH]2)cc1. The lowest BCUT2D eigenvalue weighted by atomic mass is 10.2. The van der Waals surface area contributed by atoms with Gasteiger partial charge in [0, 0.05) is 5.56 Å². The van der Waals surface area contributed by atoms with Crippen molar-refractivity contribution in [2.75, 3.05) is 7.11 Å². The van der Waals surface area contributed by atoms with Crippen molar-refractivity contribution in [3.8, 4) is 22.8 Å². The monoisotopic (exact) mass is 433 g/mol. The second-order valence-corrected chi connectivity index (χ2v) is 6.98. The number of H-pyrrole nitrogens is 1. The summed E-state index contributed by atoms with van der Waals surface area (Å²) in [6.45, 7) is 0. The standard InChI is InChI=1S/C18H14F3N7OS/c1-29-14-8-2-11(3-9-14)16-22-17(25-24-16)30-10-15-23-26-27-28(15)13-6-4-12(5-7-13)18(19,20)21/h2-9H,10H2,1H3,(H,22,24,25). The number of alkyl halides is 3. The fraction of sp³-hybridized carbons (Fsp3) is 0.167. The van der Waals surface area contributed by atoms with E-state index in [1.54, 1.807) is 7.11 Å². The summed E-state index contributed by atoms with van der Waals surface area (Å²) in [6.07, 6.45) is -4.40. The number of ether oxygens (including phenoxy) is 1. The number of nitrogens with zero attached hydrogens (tertiary/aromatic N) is 6. The van der Waals surface area contributed by atoms with Crippen LogP contribution in [0.25, 0.3) is 17.1 Å². The van der Waals surface area contributed by atoms with Crippen LogP contribution in [0.1, 0.15) is 11.4 Å². The average Bonchev–Trinajstić information content (AvgIpc) is 3.41. The van der Waals surface area contributed by atoms with E-state index in [1.165, 1.54) is 28.6 Å². The van der Waals surface area contributed by atoms with Crippen LogP contribution in [0.15, 0.2) is 53.7 Å². The Morgan fingerprint density at radius 1 is 1.07 bits per heavy atom. The first-order chi connectivity index (χ1) is 14.4. The van der Waals surface area contributed by atoms with Crippen molar-refractivity contribution in [2.45, 2.75) is 17.1 Å². The smallest absolute Gasteiger partial charge is 0.416 e. The molecule has 8 nitrogen and oxygen atoms in total. The van der Waals surface area contributed by atoms with Gasteiger partial charge in [0.05, 0.1) is 24.1 Å². The van der Waals surface area contributed by atoms with E-state index >= 15 is 0 Å². The molecule has 4 aromatic rings. The van der Waals surface area contributed by atoms with E-state index in [1.807, 2.05) is 24.3 Å². The Kier molecular flexibility index (Phi) is 5.40. The van der Waals surface area contributed by atoms with Gasteiger partial charge in [-0.15, -0.1) is 10.2 Å². The van der Waals surface area contributed by atoms with Crippen LogP contribution in [0.4, 0.5) is 13.2 Å². The van der Waals surface area contributed by atoms with E-state index in [2.05, 4.69) is 30.7 Å². The molecule has 0 saturated heterocycles. The third-order valence-electron chi connectivity index (χ3n) is 4.13. The highest BCUT2D eigenvalue weighted by atomic mass is 32.2. The topological polar surface area (TPSA) is 94.4 Å². The first-order valence-electron chi connectivity index (χ1n) is 8.58. The summed E-state index contributed by atoms with van der Waals surface area (Å²) in [5, 5.41) is 18.9. The molecule has 0 aliphatic heterocycles. The van der Waals surface area contributed by atoms with Crippen molar-refractivity contribution in [3.05, 3.63) is 59.9 Å². The van der Waals surface area contributed by atoms with Crippen LogP contribution in [0.5, 0.6) is 5.75 Å². The summed E-state index contributed by atoms with van der Waals surface area (Å²) in [6, 6.07) is 12.0. The van der Waals surface area contributed by atoms with Crippen molar-refractivity contribution < 1.29 is 17.9 Å². The predicted octanol–water partition coefficient (Wildman–Crippen LogP) is 3.77. The maximum Gasteiger partial charge on any atom is 0.416 e. The molecule has 0 amide bonds. The maximum absolute atomic E-state index is 12.7. The number of aromatic amines is 1. The molecule has 0 fully saturated rings. The molecule has 4 rings (SSSR count). The van der Waals surface area contributed by atoms with Crippen LogP contribution in [0, 0.1) is 0 Å². The molecule has 0 bridgehead atoms. The molecule has 2 heterocycles. The first-order valence-corrected chi connectivity index (χ1v) is 9.57. The fourth-order valence-electron chi connectivity index (χ4n) is 2.61. The summed E-state index contributed by atoms with van der Waals surface area (Å²) in [5.74, 6) is 2.12. The number of halogens is 3. The van der Waals surface area contributed by atoms with Gasteiger partial charge in [-0.05, 0) is 59.0 Å². The van der Waals surface area contributed by atoms with Crippen molar-refractivity contribution in [2.24, 2.45) is 0 Å². The van der Waals surface area contributed by atoms with Gasteiger partial charge in [0.15, 0.2) is 11.6 Å². The Balaban J connectivity index is 1.45. The number of nitrogens with one attached hydrogen (secondary N) is 1. The Labute approximate surface area is 172 Å². The number of rotatable bonds is 6. The molecule has 0 aliphatic carbocycles. The molecular formula is C18H14F3N7OS. The second kappa shape index (κ2) is 8.14. The highest BCUT2D eigenvalue weighted by Gasteiger charge is 2.30. The summed E-state index contributed by atoms with van der Waals surface area (Å²) < 4.78 is 44.7. The molecule has 0 spiro atoms. The normalized spacial score (nSPS) is 11.6. The Hall–Kier alpha value is -3.41. The molecule has 0 atom stereocenters. The molecule has 30 heavy (non-hydrogen) atoms. The molecular weight excluding hydrogens is 419 g/mol. The van der Waals surface area contributed by atoms with Crippen molar-refractivity contribution in [1.29, 1.82) is 0 Å². The van der Waals surface area contributed by atoms with E-state index in [0.29, 0.717) is 28.2 Å². The summed E-state index contributed by atoms with van der Waals surface area (Å²) in [7, 11) is 1.59. The zero-order valence-electron chi connectivity index (χ0n) is 15.5. The molecule has 154 valence electrons. The van der Waals surface area contributed by atoms with Crippen molar-refractivity contribution in [3.63, 3.8) is 0 Å². The van der Waals surface area contributed by atoms with Crippen molar-refractivity contribution >= 4 is 11.8 Å². The zero-order valence-corrected chi connectivity index (χ0v) is 16.3. The quantitative estimate of drug-likeness (QED) is 0.463. The predicted molar refractivity (Wildman–Crippen MR) is 102 cm³/mol. The lowest BCUT2D eigenvalue weighted by Gasteiger charge is -2.08. The lowest BCUT2D eigenvalue weighted by Crippen LogP contribution is -2.06. The highest BCUT2D eigenvalue weighted by Crippen LogP contribution is 2.30. The third-order valence-corrected chi connectivity index (χ3v) is 4.98. The van der Waals surface area contributed by atoms with Gasteiger partial charge in [-0.3, -0.25) is 5.10 Å². The zero-order chi connectivity index (χ0) is 21.1. The van der Waals surface area contributed by atoms with Gasteiger partial charge in [0.25, 0.3) is 0 Å². The van der Waals surface area contributed by atoms with Gasteiger partial charge in [0.1, 0.15) is 5.75 Å². The van der Waals surface area contributed by atoms with Crippen LogP contribution in [-0.2, 0) is 11.9 Å². The minimum atomic E-state index is -4.40. The van der Waals surface area contributed by atoms with E-state index in [-0.39, 0.29) is 0 Å². The van der Waals surface area contributed by atoms with Gasteiger partial charge in [-0.1, -0.05) is 11.8 Å². The lowest BCUT2D eigenvalue weighted by molar-refractivity contribution is -0.137. The van der Waals surface area contributed by atoms with E-state index < -0.39 is 11.7 Å². The van der Waals surface area contributed by atoms with Gasteiger partial charge < -0.3 is 4.74 Å². The molecule has 0 saturated carbocycles. The molecule has 2 aromatic heterocycles. The minimum absolute atomic E-state index is 0.327.